The predicted molar refractivity (Wildman–Crippen MR) is 75.7 cm³/mol. The van der Waals surface area contributed by atoms with Gasteiger partial charge in [0.15, 0.2) is 0 Å². The van der Waals surface area contributed by atoms with Gasteiger partial charge in [0.2, 0.25) is 0 Å². The molecule has 0 atom stereocenters. The molecule has 0 spiro atoms. The monoisotopic (exact) mass is 265 g/mol. The molecule has 1 fully saturated rings. The molecule has 2 rings (SSSR count). The maximum atomic E-state index is 5.85. The van der Waals surface area contributed by atoms with Crippen LogP contribution in [-0.2, 0) is 11.3 Å². The zero-order valence-electron chi connectivity index (χ0n) is 10.6. The number of rotatable bonds is 7. The lowest BCUT2D eigenvalue weighted by Gasteiger charge is -2.15. The van der Waals surface area contributed by atoms with Crippen LogP contribution in [0.2, 0.25) is 0 Å². The van der Waals surface area contributed by atoms with Gasteiger partial charge in [-0.3, -0.25) is 0 Å². The predicted octanol–water partition coefficient (Wildman–Crippen LogP) is 2.67. The smallest absolute Gasteiger partial charge is 0.119 e. The van der Waals surface area contributed by atoms with Crippen molar-refractivity contribution in [1.82, 2.24) is 0 Å². The van der Waals surface area contributed by atoms with Gasteiger partial charge in [-0.15, -0.1) is 0 Å². The Labute approximate surface area is 113 Å². The van der Waals surface area contributed by atoms with Crippen LogP contribution in [0.1, 0.15) is 24.8 Å². The van der Waals surface area contributed by atoms with Gasteiger partial charge >= 0.3 is 0 Å². The molecular weight excluding hydrogens is 246 g/mol. The van der Waals surface area contributed by atoms with E-state index in [0.29, 0.717) is 18.2 Å². The molecule has 4 heteroatoms. The number of methoxy groups -OCH3 is 1. The molecule has 18 heavy (non-hydrogen) atoms. The topological polar surface area (TPSA) is 44.5 Å². The molecule has 1 aromatic carbocycles. The minimum atomic E-state index is 0.198. The van der Waals surface area contributed by atoms with E-state index < -0.39 is 0 Å². The average Bonchev–Trinajstić information content (AvgIpc) is 3.07. The van der Waals surface area contributed by atoms with Crippen LogP contribution in [0.15, 0.2) is 24.3 Å². The highest BCUT2D eigenvalue weighted by molar-refractivity contribution is 7.80. The third-order valence-corrected chi connectivity index (χ3v) is 3.41. The van der Waals surface area contributed by atoms with Crippen LogP contribution >= 0.6 is 12.2 Å². The van der Waals surface area contributed by atoms with Crippen molar-refractivity contribution in [3.63, 3.8) is 0 Å². The summed E-state index contributed by atoms with van der Waals surface area (Å²) in [5.41, 5.74) is 6.93. The summed E-state index contributed by atoms with van der Waals surface area (Å²) in [5, 5.41) is 0. The van der Waals surface area contributed by atoms with Gasteiger partial charge in [0, 0.05) is 18.9 Å². The number of hydrogen-bond donors (Lipinski definition) is 1. The Kier molecular flexibility index (Phi) is 4.19. The second kappa shape index (κ2) is 5.67. The normalized spacial score (nSPS) is 16.3. The Hall–Kier alpha value is -1.13. The van der Waals surface area contributed by atoms with Crippen molar-refractivity contribution in [3.8, 4) is 5.75 Å². The largest absolute Gasteiger partial charge is 0.493 e. The molecule has 1 aromatic rings. The summed E-state index contributed by atoms with van der Waals surface area (Å²) in [6.45, 7) is 1.30. The van der Waals surface area contributed by atoms with Gasteiger partial charge in [-0.1, -0.05) is 24.4 Å². The van der Waals surface area contributed by atoms with Gasteiger partial charge in [0.05, 0.1) is 18.2 Å². The molecule has 3 nitrogen and oxygen atoms in total. The minimum Gasteiger partial charge on any atom is -0.493 e. The zero-order chi connectivity index (χ0) is 13.0. The Morgan fingerprint density at radius 1 is 1.44 bits per heavy atom. The second-order valence-electron chi connectivity index (χ2n) is 5.01. The summed E-state index contributed by atoms with van der Waals surface area (Å²) in [4.78, 5) is 0.587. The molecule has 0 heterocycles. The molecule has 1 aliphatic carbocycles. The van der Waals surface area contributed by atoms with Gasteiger partial charge < -0.3 is 15.2 Å². The van der Waals surface area contributed by atoms with E-state index in [9.17, 15) is 0 Å². The van der Waals surface area contributed by atoms with E-state index in [2.05, 4.69) is 0 Å². The molecule has 0 aliphatic heterocycles. The number of ether oxygens (including phenoxy) is 2. The fraction of sp³-hybridized carbons (Fsp3) is 0.500. The van der Waals surface area contributed by atoms with Gasteiger partial charge in [-0.25, -0.2) is 0 Å². The van der Waals surface area contributed by atoms with E-state index in [1.54, 1.807) is 7.11 Å². The van der Waals surface area contributed by atoms with Gasteiger partial charge in [-0.05, 0) is 30.5 Å². The summed E-state index contributed by atoms with van der Waals surface area (Å²) in [6, 6.07) is 7.99. The first kappa shape index (κ1) is 13.3. The number of hydrogen-bond acceptors (Lipinski definition) is 3. The van der Waals surface area contributed by atoms with Crippen molar-refractivity contribution in [2.75, 3.05) is 13.7 Å². The van der Waals surface area contributed by atoms with Crippen molar-refractivity contribution >= 4 is 17.2 Å². The van der Waals surface area contributed by atoms with Crippen molar-refractivity contribution in [1.29, 1.82) is 0 Å². The van der Waals surface area contributed by atoms with Crippen LogP contribution in [-0.4, -0.2) is 18.7 Å². The van der Waals surface area contributed by atoms with Crippen molar-refractivity contribution < 1.29 is 9.47 Å². The first-order chi connectivity index (χ1) is 8.63. The molecule has 1 aliphatic rings. The highest BCUT2D eigenvalue weighted by Gasteiger charge is 2.43. The molecule has 0 radical (unpaired) electrons. The first-order valence-electron chi connectivity index (χ1n) is 6.13. The Morgan fingerprint density at radius 3 is 2.83 bits per heavy atom. The molecule has 0 saturated heterocycles. The lowest BCUT2D eigenvalue weighted by Crippen LogP contribution is -2.21. The standard InChI is InChI=1S/C14H19NO2S/c1-16-9-11-3-2-4-12(7-11)17-10-14(5-6-14)8-13(15)18/h2-4,7H,5-6,8-10H2,1H3,(H2,15,18). The summed E-state index contributed by atoms with van der Waals surface area (Å²) >= 11 is 4.98. The molecular formula is C14H19NO2S. The van der Waals surface area contributed by atoms with Crippen LogP contribution in [0.3, 0.4) is 0 Å². The van der Waals surface area contributed by atoms with Crippen LogP contribution < -0.4 is 10.5 Å². The van der Waals surface area contributed by atoms with Crippen LogP contribution in [0.4, 0.5) is 0 Å². The zero-order valence-corrected chi connectivity index (χ0v) is 11.5. The summed E-state index contributed by atoms with van der Waals surface area (Å²) < 4.78 is 11.0. The summed E-state index contributed by atoms with van der Waals surface area (Å²) in [6.07, 6.45) is 3.10. The maximum Gasteiger partial charge on any atom is 0.119 e. The van der Waals surface area contributed by atoms with Crippen LogP contribution in [0.5, 0.6) is 5.75 Å². The average molecular weight is 265 g/mol. The first-order valence-corrected chi connectivity index (χ1v) is 6.53. The van der Waals surface area contributed by atoms with Gasteiger partial charge in [0.25, 0.3) is 0 Å². The third kappa shape index (κ3) is 3.68. The molecule has 0 amide bonds. The molecule has 2 N–H and O–H groups in total. The number of benzene rings is 1. The minimum absolute atomic E-state index is 0.198. The van der Waals surface area contributed by atoms with E-state index in [-0.39, 0.29) is 5.41 Å². The third-order valence-electron chi connectivity index (χ3n) is 3.26. The van der Waals surface area contributed by atoms with E-state index >= 15 is 0 Å². The van der Waals surface area contributed by atoms with Gasteiger partial charge in [-0.2, -0.15) is 0 Å². The quantitative estimate of drug-likeness (QED) is 0.770. The van der Waals surface area contributed by atoms with Crippen molar-refractivity contribution in [2.45, 2.75) is 25.9 Å². The second-order valence-corrected chi connectivity index (χ2v) is 5.54. The maximum absolute atomic E-state index is 5.85. The Bertz CT molecular complexity index is 430. The SMILES string of the molecule is COCc1cccc(OCC2(CC(N)=S)CC2)c1. The molecule has 98 valence electrons. The highest BCUT2D eigenvalue weighted by Crippen LogP contribution is 2.49. The lowest BCUT2D eigenvalue weighted by atomic mass is 10.0. The summed E-state index contributed by atoms with van der Waals surface area (Å²) in [7, 11) is 1.69. The van der Waals surface area contributed by atoms with Gasteiger partial charge in [0.1, 0.15) is 5.75 Å². The van der Waals surface area contributed by atoms with E-state index in [1.165, 1.54) is 0 Å². The Balaban J connectivity index is 1.90. The van der Waals surface area contributed by atoms with E-state index in [1.807, 2.05) is 24.3 Å². The molecule has 1 saturated carbocycles. The number of nitrogens with two attached hydrogens (primary N) is 1. The van der Waals surface area contributed by atoms with Crippen molar-refractivity contribution in [3.05, 3.63) is 29.8 Å². The molecule has 0 unspecified atom stereocenters. The molecule has 0 bridgehead atoms. The summed E-state index contributed by atoms with van der Waals surface area (Å²) in [5.74, 6) is 0.888. The van der Waals surface area contributed by atoms with E-state index in [0.717, 1.165) is 30.6 Å². The fourth-order valence-corrected chi connectivity index (χ4v) is 2.35. The lowest BCUT2D eigenvalue weighted by molar-refractivity contribution is 0.184. The Morgan fingerprint density at radius 2 is 2.22 bits per heavy atom. The number of thiocarbonyl (C=S) groups is 1. The molecule has 0 aromatic heterocycles. The van der Waals surface area contributed by atoms with Crippen molar-refractivity contribution in [2.24, 2.45) is 11.1 Å². The highest BCUT2D eigenvalue weighted by atomic mass is 32.1. The van der Waals surface area contributed by atoms with Crippen LogP contribution in [0, 0.1) is 5.41 Å². The van der Waals surface area contributed by atoms with Crippen LogP contribution in [0.25, 0.3) is 0 Å². The fourth-order valence-electron chi connectivity index (χ4n) is 2.05. The van der Waals surface area contributed by atoms with E-state index in [4.69, 9.17) is 27.4 Å².